The highest BCUT2D eigenvalue weighted by Crippen LogP contribution is 2.43. The van der Waals surface area contributed by atoms with Gasteiger partial charge in [0, 0.05) is 40.0 Å². The highest BCUT2D eigenvalue weighted by atomic mass is 35.5. The maximum Gasteiger partial charge on any atom is 0.336 e. The van der Waals surface area contributed by atoms with Gasteiger partial charge in [-0.15, -0.1) is 0 Å². The lowest BCUT2D eigenvalue weighted by Crippen LogP contribution is -2.44. The summed E-state index contributed by atoms with van der Waals surface area (Å²) in [4.78, 5) is 40.3. The number of dihydropyridines is 1. The van der Waals surface area contributed by atoms with Crippen molar-refractivity contribution in [2.75, 3.05) is 40.4 Å². The summed E-state index contributed by atoms with van der Waals surface area (Å²) in [5.74, 6) is -1.73. The first-order valence-corrected chi connectivity index (χ1v) is 16.4. The summed E-state index contributed by atoms with van der Waals surface area (Å²) in [6, 6.07) is 23.2. The number of likely N-dealkylation sites (tertiary alicyclic amines) is 1. The molecule has 0 aliphatic carbocycles. The number of benzene rings is 3. The van der Waals surface area contributed by atoms with Gasteiger partial charge in [-0.05, 0) is 87.6 Å². The number of hydrogen-bond acceptors (Lipinski definition) is 8. The molecule has 3 aromatic rings. The van der Waals surface area contributed by atoms with E-state index in [9.17, 15) is 19.7 Å². The SMILES string of the molecule is COC(=O)C1=C(C)NC(C)=C(C(=O)NCCCN2CCC(c3ccccc3)(c3ccc(Cl)cc3)CC2)C1c1ccc([N+](=O)[O-])c(OC)c1. The van der Waals surface area contributed by atoms with Crippen LogP contribution in [0.15, 0.2) is 95.3 Å². The molecule has 0 aromatic heterocycles. The van der Waals surface area contributed by atoms with Crippen LogP contribution in [0.4, 0.5) is 5.69 Å². The Bertz CT molecular complexity index is 1730. The smallest absolute Gasteiger partial charge is 0.336 e. The number of nitrogens with zero attached hydrogens (tertiary/aromatic N) is 2. The zero-order valence-corrected chi connectivity index (χ0v) is 28.4. The summed E-state index contributed by atoms with van der Waals surface area (Å²) in [5.41, 5.74) is 4.47. The van der Waals surface area contributed by atoms with Crippen LogP contribution in [0.25, 0.3) is 0 Å². The second kappa shape index (κ2) is 15.0. The first-order chi connectivity index (χ1) is 23.1. The second-order valence-electron chi connectivity index (χ2n) is 12.2. The van der Waals surface area contributed by atoms with Crippen molar-refractivity contribution in [3.8, 4) is 5.75 Å². The number of carbonyl (C=O) groups excluding carboxylic acids is 2. The van der Waals surface area contributed by atoms with Crippen LogP contribution >= 0.6 is 11.6 Å². The number of nitro groups is 1. The van der Waals surface area contributed by atoms with E-state index in [4.69, 9.17) is 21.1 Å². The summed E-state index contributed by atoms with van der Waals surface area (Å²) in [5, 5.41) is 18.5. The molecule has 0 radical (unpaired) electrons. The van der Waals surface area contributed by atoms with Crippen LogP contribution < -0.4 is 15.4 Å². The topological polar surface area (TPSA) is 123 Å². The number of carbonyl (C=O) groups is 2. The van der Waals surface area contributed by atoms with E-state index in [1.165, 1.54) is 37.5 Å². The molecule has 3 aromatic carbocycles. The Kier molecular flexibility index (Phi) is 10.9. The summed E-state index contributed by atoms with van der Waals surface area (Å²) in [6.07, 6.45) is 2.66. The van der Waals surface area contributed by atoms with Crippen LogP contribution in [0.5, 0.6) is 5.75 Å². The van der Waals surface area contributed by atoms with Gasteiger partial charge in [-0.1, -0.05) is 60.1 Å². The monoisotopic (exact) mass is 672 g/mol. The summed E-state index contributed by atoms with van der Waals surface area (Å²) in [6.45, 7) is 6.58. The number of ether oxygens (including phenoxy) is 2. The number of halogens is 1. The van der Waals surface area contributed by atoms with Crippen LogP contribution in [-0.2, 0) is 19.7 Å². The van der Waals surface area contributed by atoms with Crippen LogP contribution in [-0.4, -0.2) is 62.1 Å². The Hall–Kier alpha value is -4.67. The van der Waals surface area contributed by atoms with Gasteiger partial charge in [0.05, 0.1) is 30.6 Å². The molecule has 0 bridgehead atoms. The molecule has 1 atom stereocenters. The zero-order chi connectivity index (χ0) is 34.4. The van der Waals surface area contributed by atoms with Crippen LogP contribution in [0.2, 0.25) is 5.02 Å². The molecule has 48 heavy (non-hydrogen) atoms. The van der Waals surface area contributed by atoms with Gasteiger partial charge >= 0.3 is 11.7 Å². The summed E-state index contributed by atoms with van der Waals surface area (Å²) >= 11 is 6.22. The maximum absolute atomic E-state index is 13.8. The van der Waals surface area contributed by atoms with Gasteiger partial charge in [0.1, 0.15) is 0 Å². The third kappa shape index (κ3) is 7.10. The Balaban J connectivity index is 1.27. The van der Waals surface area contributed by atoms with Crippen molar-refractivity contribution in [3.05, 3.63) is 127 Å². The molecule has 252 valence electrons. The molecule has 0 saturated carbocycles. The van der Waals surface area contributed by atoms with Gasteiger partial charge in [0.25, 0.3) is 0 Å². The van der Waals surface area contributed by atoms with Gasteiger partial charge in [0.15, 0.2) is 5.75 Å². The first kappa shape index (κ1) is 34.7. The molecule has 2 N–H and O–H groups in total. The van der Waals surface area contributed by atoms with Crippen molar-refractivity contribution in [2.45, 2.75) is 44.4 Å². The largest absolute Gasteiger partial charge is 0.490 e. The number of esters is 1. The molecule has 2 heterocycles. The molecule has 1 saturated heterocycles. The number of nitrogens with one attached hydrogen (secondary N) is 2. The molecule has 11 heteroatoms. The molecule has 2 aliphatic rings. The van der Waals surface area contributed by atoms with Crippen molar-refractivity contribution in [1.29, 1.82) is 0 Å². The van der Waals surface area contributed by atoms with E-state index in [-0.39, 0.29) is 28.3 Å². The Morgan fingerprint density at radius 3 is 2.25 bits per heavy atom. The minimum Gasteiger partial charge on any atom is -0.490 e. The number of amides is 1. The van der Waals surface area contributed by atoms with Gasteiger partial charge in [-0.25, -0.2) is 4.79 Å². The minimum atomic E-state index is -0.825. The maximum atomic E-state index is 13.8. The van der Waals surface area contributed by atoms with E-state index in [0.29, 0.717) is 29.1 Å². The van der Waals surface area contributed by atoms with E-state index < -0.39 is 16.8 Å². The van der Waals surface area contributed by atoms with Gasteiger partial charge in [0.2, 0.25) is 5.91 Å². The third-order valence-corrected chi connectivity index (χ3v) is 9.77. The van der Waals surface area contributed by atoms with E-state index in [1.54, 1.807) is 19.9 Å². The normalized spacial score (nSPS) is 17.8. The van der Waals surface area contributed by atoms with Crippen molar-refractivity contribution >= 4 is 29.2 Å². The third-order valence-electron chi connectivity index (χ3n) is 9.51. The Morgan fingerprint density at radius 1 is 0.979 bits per heavy atom. The molecule has 5 rings (SSSR count). The molecular formula is C37H41ClN4O6. The van der Waals surface area contributed by atoms with E-state index in [1.807, 2.05) is 18.2 Å². The van der Waals surface area contributed by atoms with E-state index in [2.05, 4.69) is 51.9 Å². The fourth-order valence-electron chi connectivity index (χ4n) is 7.06. The van der Waals surface area contributed by atoms with Crippen LogP contribution in [0, 0.1) is 10.1 Å². The first-order valence-electron chi connectivity index (χ1n) is 16.0. The average Bonchev–Trinajstić information content (AvgIpc) is 3.10. The Labute approximate surface area is 285 Å². The number of hydrogen-bond donors (Lipinski definition) is 2. The highest BCUT2D eigenvalue weighted by molar-refractivity contribution is 6.30. The standard InChI is InChI=1S/C37H41ClN4O6/c1-24-32(34(33(25(2)40-24)36(44)48-4)26-11-16-30(42(45)46)31(23-26)47-3)35(43)39-19-8-20-41-21-17-37(18-22-41,27-9-6-5-7-10-27)28-12-14-29(38)15-13-28/h5-7,9-16,23,34,40H,8,17-22H2,1-4H3,(H,39,43). The number of rotatable bonds is 11. The molecule has 1 unspecified atom stereocenters. The van der Waals surface area contributed by atoms with Crippen molar-refractivity contribution in [1.82, 2.24) is 15.5 Å². The van der Waals surface area contributed by atoms with E-state index >= 15 is 0 Å². The molecule has 0 spiro atoms. The van der Waals surface area contributed by atoms with Crippen molar-refractivity contribution in [3.63, 3.8) is 0 Å². The number of allylic oxidation sites excluding steroid dienone is 2. The predicted molar refractivity (Wildman–Crippen MR) is 185 cm³/mol. The van der Waals surface area contributed by atoms with Gasteiger partial charge < -0.3 is 25.0 Å². The number of methoxy groups -OCH3 is 2. The molecule has 1 fully saturated rings. The average molecular weight is 673 g/mol. The molecule has 10 nitrogen and oxygen atoms in total. The second-order valence-corrected chi connectivity index (χ2v) is 12.7. The number of nitro benzene ring substituents is 1. The van der Waals surface area contributed by atoms with Gasteiger partial charge in [-0.2, -0.15) is 0 Å². The summed E-state index contributed by atoms with van der Waals surface area (Å²) < 4.78 is 10.4. The lowest BCUT2D eigenvalue weighted by Gasteiger charge is -2.43. The van der Waals surface area contributed by atoms with Crippen LogP contribution in [0.3, 0.4) is 0 Å². The molecule has 1 amide bonds. The fraction of sp³-hybridized carbons (Fsp3) is 0.351. The lowest BCUT2D eigenvalue weighted by molar-refractivity contribution is -0.385. The highest BCUT2D eigenvalue weighted by Gasteiger charge is 2.39. The summed E-state index contributed by atoms with van der Waals surface area (Å²) in [7, 11) is 2.62. The fourth-order valence-corrected chi connectivity index (χ4v) is 7.19. The van der Waals surface area contributed by atoms with Crippen molar-refractivity contribution in [2.24, 2.45) is 0 Å². The predicted octanol–water partition coefficient (Wildman–Crippen LogP) is 6.25. The van der Waals surface area contributed by atoms with Gasteiger partial charge in [-0.3, -0.25) is 14.9 Å². The Morgan fingerprint density at radius 2 is 1.62 bits per heavy atom. The lowest BCUT2D eigenvalue weighted by atomic mass is 9.68. The molecular weight excluding hydrogens is 632 g/mol. The zero-order valence-electron chi connectivity index (χ0n) is 27.7. The number of piperidine rings is 1. The quantitative estimate of drug-likeness (QED) is 0.106. The van der Waals surface area contributed by atoms with Crippen molar-refractivity contribution < 1.29 is 24.0 Å². The molecule has 2 aliphatic heterocycles. The van der Waals surface area contributed by atoms with Crippen LogP contribution in [0.1, 0.15) is 55.7 Å². The van der Waals surface area contributed by atoms with E-state index in [0.717, 1.165) is 43.9 Å². The minimum absolute atomic E-state index is 0.0317.